The summed E-state index contributed by atoms with van der Waals surface area (Å²) in [7, 11) is 0. The van der Waals surface area contributed by atoms with Gasteiger partial charge < -0.3 is 4.42 Å². The van der Waals surface area contributed by atoms with Gasteiger partial charge in [-0.05, 0) is 98.1 Å². The second-order valence-corrected chi connectivity index (χ2v) is 14.7. The number of furan rings is 1. The zero-order chi connectivity index (χ0) is 37.7. The molecule has 0 atom stereocenters. The molecule has 0 amide bonds. The molecule has 1 aliphatic rings. The highest BCUT2D eigenvalue weighted by Gasteiger charge is 2.20. The van der Waals surface area contributed by atoms with Crippen molar-refractivity contribution >= 4 is 49.1 Å². The number of allylic oxidation sites excluding steroid dienone is 4. The van der Waals surface area contributed by atoms with Crippen LogP contribution in [0.1, 0.15) is 18.4 Å². The molecule has 0 N–H and O–H groups in total. The van der Waals surface area contributed by atoms with Gasteiger partial charge in [0.25, 0.3) is 0 Å². The van der Waals surface area contributed by atoms with E-state index in [9.17, 15) is 0 Å². The Bertz CT molecular complexity index is 3240. The van der Waals surface area contributed by atoms with E-state index < -0.39 is 0 Å². The number of fused-ring (bicyclic) bond motifs is 5. The van der Waals surface area contributed by atoms with Gasteiger partial charge in [-0.1, -0.05) is 158 Å². The van der Waals surface area contributed by atoms with E-state index in [2.05, 4.69) is 158 Å². The zero-order valence-corrected chi connectivity index (χ0v) is 31.1. The van der Waals surface area contributed by atoms with Crippen molar-refractivity contribution in [2.45, 2.75) is 12.8 Å². The maximum atomic E-state index is 6.49. The Hall–Kier alpha value is -7.43. The fourth-order valence-corrected chi connectivity index (χ4v) is 8.38. The lowest BCUT2D eigenvalue weighted by atomic mass is 9.87. The average Bonchev–Trinajstić information content (AvgIpc) is 3.67. The molecule has 0 fully saturated rings. The maximum absolute atomic E-state index is 6.49. The monoisotopic (exact) mass is 729 g/mol. The minimum Gasteiger partial charge on any atom is -0.456 e. The molecule has 0 aliphatic heterocycles. The third-order valence-corrected chi connectivity index (χ3v) is 11.2. The van der Waals surface area contributed by atoms with E-state index in [1.807, 2.05) is 30.3 Å². The predicted octanol–water partition coefficient (Wildman–Crippen LogP) is 14.1. The number of hydrogen-bond donors (Lipinski definition) is 0. The Labute approximate surface area is 330 Å². The van der Waals surface area contributed by atoms with Crippen LogP contribution in [0.3, 0.4) is 0 Å². The van der Waals surface area contributed by atoms with E-state index in [1.165, 1.54) is 43.8 Å². The average molecular weight is 730 g/mol. The Morgan fingerprint density at radius 1 is 0.404 bits per heavy atom. The lowest BCUT2D eigenvalue weighted by Gasteiger charge is -2.18. The van der Waals surface area contributed by atoms with Crippen molar-refractivity contribution in [2.75, 3.05) is 0 Å². The van der Waals surface area contributed by atoms with Gasteiger partial charge in [-0.15, -0.1) is 0 Å². The minimum atomic E-state index is 0.596. The molecule has 57 heavy (non-hydrogen) atoms. The van der Waals surface area contributed by atoms with Crippen LogP contribution in [-0.2, 0) is 0 Å². The first-order chi connectivity index (χ1) is 28.2. The van der Waals surface area contributed by atoms with Crippen molar-refractivity contribution in [1.82, 2.24) is 15.0 Å². The fourth-order valence-electron chi connectivity index (χ4n) is 8.38. The van der Waals surface area contributed by atoms with Crippen LogP contribution in [0, 0.1) is 0 Å². The van der Waals surface area contributed by atoms with Gasteiger partial charge in [0.1, 0.15) is 11.2 Å². The number of nitrogens with zero attached hydrogens (tertiary/aromatic N) is 3. The second-order valence-electron chi connectivity index (χ2n) is 14.7. The van der Waals surface area contributed by atoms with Crippen molar-refractivity contribution < 1.29 is 4.42 Å². The Morgan fingerprint density at radius 2 is 1.11 bits per heavy atom. The molecule has 0 saturated heterocycles. The molecule has 0 spiro atoms. The van der Waals surface area contributed by atoms with Crippen molar-refractivity contribution in [3.63, 3.8) is 0 Å². The van der Waals surface area contributed by atoms with Crippen LogP contribution in [-0.4, -0.2) is 15.0 Å². The summed E-state index contributed by atoms with van der Waals surface area (Å²) in [5, 5.41) is 6.86. The normalized spacial score (nSPS) is 12.8. The van der Waals surface area contributed by atoms with Crippen LogP contribution in [0.15, 0.2) is 193 Å². The highest BCUT2D eigenvalue weighted by atomic mass is 16.3. The molecule has 0 saturated carbocycles. The molecule has 0 unspecified atom stereocenters. The zero-order valence-electron chi connectivity index (χ0n) is 31.1. The lowest BCUT2D eigenvalue weighted by molar-refractivity contribution is 0.669. The van der Waals surface area contributed by atoms with E-state index in [4.69, 9.17) is 19.4 Å². The van der Waals surface area contributed by atoms with E-state index in [0.717, 1.165) is 62.6 Å². The number of hydrogen-bond acceptors (Lipinski definition) is 4. The molecule has 2 aromatic heterocycles. The molecule has 2 heterocycles. The van der Waals surface area contributed by atoms with Gasteiger partial charge in [0.2, 0.25) is 0 Å². The summed E-state index contributed by atoms with van der Waals surface area (Å²) in [5.41, 5.74) is 11.6. The number of aromatic nitrogens is 3. The number of benzene rings is 8. The molecule has 10 aromatic rings. The van der Waals surface area contributed by atoms with Gasteiger partial charge in [0.05, 0.1) is 0 Å². The summed E-state index contributed by atoms with van der Waals surface area (Å²) in [6.07, 6.45) is 8.68. The van der Waals surface area contributed by atoms with Crippen molar-refractivity contribution in [2.24, 2.45) is 0 Å². The highest BCUT2D eigenvalue weighted by molar-refractivity contribution is 6.13. The molecule has 268 valence electrons. The first kappa shape index (κ1) is 33.0. The Balaban J connectivity index is 1.12. The SMILES string of the molecule is C1=CCCC(c2ccc(-c3nc(-c4ccccc4)nc(-c4cccc5oc6ccc(-c7ccc8ccccc8c7)cc6c45)n3)cc2-c2cccc3ccccc23)=C1. The number of rotatable bonds is 6. The largest absolute Gasteiger partial charge is 0.456 e. The van der Waals surface area contributed by atoms with Crippen molar-refractivity contribution in [1.29, 1.82) is 0 Å². The van der Waals surface area contributed by atoms with Gasteiger partial charge in [-0.2, -0.15) is 0 Å². The molecule has 1 aliphatic carbocycles. The van der Waals surface area contributed by atoms with Crippen LogP contribution < -0.4 is 0 Å². The van der Waals surface area contributed by atoms with E-state index in [-0.39, 0.29) is 0 Å². The van der Waals surface area contributed by atoms with E-state index in [0.29, 0.717) is 17.5 Å². The molecule has 11 rings (SSSR count). The van der Waals surface area contributed by atoms with Crippen molar-refractivity contribution in [3.8, 4) is 56.4 Å². The van der Waals surface area contributed by atoms with Gasteiger partial charge >= 0.3 is 0 Å². The van der Waals surface area contributed by atoms with E-state index >= 15 is 0 Å². The maximum Gasteiger partial charge on any atom is 0.164 e. The Morgan fingerprint density at radius 3 is 1.98 bits per heavy atom. The summed E-state index contributed by atoms with van der Waals surface area (Å²) in [6, 6.07) is 59.8. The summed E-state index contributed by atoms with van der Waals surface area (Å²) in [5.74, 6) is 1.83. The van der Waals surface area contributed by atoms with Gasteiger partial charge in [0, 0.05) is 27.5 Å². The fraction of sp³-hybridized carbons (Fsp3) is 0.0377. The summed E-state index contributed by atoms with van der Waals surface area (Å²) in [6.45, 7) is 0. The highest BCUT2D eigenvalue weighted by Crippen LogP contribution is 2.41. The topological polar surface area (TPSA) is 51.8 Å². The first-order valence-corrected chi connectivity index (χ1v) is 19.5. The molecule has 0 bridgehead atoms. The van der Waals surface area contributed by atoms with Crippen LogP contribution in [0.5, 0.6) is 0 Å². The van der Waals surface area contributed by atoms with Gasteiger partial charge in [-0.3, -0.25) is 0 Å². The van der Waals surface area contributed by atoms with Crippen LogP contribution in [0.2, 0.25) is 0 Å². The lowest BCUT2D eigenvalue weighted by Crippen LogP contribution is -2.01. The standard InChI is InChI=1S/C53H35N3O/c1-3-14-35(15-4-1)43-29-27-41(33-46(43)44-22-11-20-36-16-9-10-21-42(36)44)52-54-51(37-17-5-2-6-18-37)55-53(56-52)45-23-12-24-49-50(45)47-32-40(28-30-48(47)57-49)39-26-25-34-13-7-8-19-38(34)31-39/h1-3,5-14,16-33H,4,15H2. The minimum absolute atomic E-state index is 0.596. The van der Waals surface area contributed by atoms with E-state index in [1.54, 1.807) is 0 Å². The van der Waals surface area contributed by atoms with Crippen LogP contribution >= 0.6 is 0 Å². The first-order valence-electron chi connectivity index (χ1n) is 19.5. The molecule has 4 nitrogen and oxygen atoms in total. The predicted molar refractivity (Wildman–Crippen MR) is 236 cm³/mol. The summed E-state index contributed by atoms with van der Waals surface area (Å²) < 4.78 is 6.49. The third-order valence-electron chi connectivity index (χ3n) is 11.2. The van der Waals surface area contributed by atoms with Crippen LogP contribution in [0.25, 0.3) is 105 Å². The Kier molecular flexibility index (Phi) is 7.92. The third kappa shape index (κ3) is 5.90. The van der Waals surface area contributed by atoms with Crippen molar-refractivity contribution in [3.05, 3.63) is 194 Å². The smallest absolute Gasteiger partial charge is 0.164 e. The molecular weight excluding hydrogens is 695 g/mol. The molecule has 4 heteroatoms. The van der Waals surface area contributed by atoms with Crippen LogP contribution in [0.4, 0.5) is 0 Å². The second kappa shape index (κ2) is 13.7. The molecule has 0 radical (unpaired) electrons. The molecular formula is C53H35N3O. The van der Waals surface area contributed by atoms with Gasteiger partial charge in [-0.25, -0.2) is 15.0 Å². The quantitative estimate of drug-likeness (QED) is 0.171. The summed E-state index contributed by atoms with van der Waals surface area (Å²) >= 11 is 0. The summed E-state index contributed by atoms with van der Waals surface area (Å²) in [4.78, 5) is 15.7. The molecule has 8 aromatic carbocycles. The van der Waals surface area contributed by atoms with Gasteiger partial charge in [0.15, 0.2) is 17.5 Å².